The second-order valence-electron chi connectivity index (χ2n) is 8.75. The Labute approximate surface area is 234 Å². The first-order chi connectivity index (χ1) is 18.5. The van der Waals surface area contributed by atoms with Crippen LogP contribution in [0.1, 0.15) is 18.7 Å². The first-order valence-corrected chi connectivity index (χ1v) is 14.8. The topological polar surface area (TPSA) is 162 Å². The van der Waals surface area contributed by atoms with Gasteiger partial charge in [-0.15, -0.1) is 11.8 Å². The van der Waals surface area contributed by atoms with E-state index in [1.165, 1.54) is 31.5 Å². The molecule has 1 unspecified atom stereocenters. The number of anilines is 1. The van der Waals surface area contributed by atoms with Crippen molar-refractivity contribution in [3.8, 4) is 5.75 Å². The second kappa shape index (κ2) is 14.2. The van der Waals surface area contributed by atoms with E-state index in [1.54, 1.807) is 19.2 Å². The lowest BCUT2D eigenvalue weighted by Crippen LogP contribution is -2.35. The first-order valence-electron chi connectivity index (χ1n) is 11.9. The Balaban J connectivity index is 0.000000395. The van der Waals surface area contributed by atoms with E-state index in [9.17, 15) is 14.3 Å². The third-order valence-electron chi connectivity index (χ3n) is 5.85. The fraction of sp³-hybridized carbons (Fsp3) is 0.565. The average molecular weight is 612 g/mol. The highest BCUT2D eigenvalue weighted by Crippen LogP contribution is 2.53. The minimum atomic E-state index is -4.74. The Hall–Kier alpha value is -1.74. The zero-order valence-electron chi connectivity index (χ0n) is 21.4. The standard InChI is InChI=1S/C17H20ClFN3O6PS.C6H12O3/c1-20-13-7-8-22(17(23)21-13)16-14(19)15(12(30-16)9-26-2)28-29(24,25)27-11-6-4-3-5-10(11)18;1-4-2-5(8)6(3-7)9-4/h3-8,12,14-16H,9H2,1-2H3,(H,24,25)(H,20,21,23);4-8H,2-3H2,1H3/t12-,14+,15-,16-;4-,5-,6+/m10/s1. The van der Waals surface area contributed by atoms with Gasteiger partial charge in [-0.2, -0.15) is 4.98 Å². The third kappa shape index (κ3) is 8.38. The Morgan fingerprint density at radius 2 is 2.08 bits per heavy atom. The third-order valence-corrected chi connectivity index (χ3v) is 8.62. The van der Waals surface area contributed by atoms with Crippen molar-refractivity contribution in [1.82, 2.24) is 9.55 Å². The molecule has 2 aromatic rings. The zero-order chi connectivity index (χ0) is 28.7. The number of aliphatic hydroxyl groups excluding tert-OH is 2. The van der Waals surface area contributed by atoms with Gasteiger partial charge in [-0.1, -0.05) is 23.7 Å². The SMILES string of the molecule is CNc1ccn([C@@H]2S[C@H](COC)[C@@H](OP(=O)(O)Oc3ccccc3Cl)[C@@H]2F)c(=O)n1.C[C@H]1C[C@H](O)[C@@H](CO)O1. The lowest BCUT2D eigenvalue weighted by Gasteiger charge is -2.23. The van der Waals surface area contributed by atoms with Crippen LogP contribution < -0.4 is 15.5 Å². The average Bonchev–Trinajstić information content (AvgIpc) is 3.38. The van der Waals surface area contributed by atoms with Gasteiger partial charge in [0.15, 0.2) is 6.17 Å². The number of aromatic nitrogens is 2. The van der Waals surface area contributed by atoms with Gasteiger partial charge in [0.2, 0.25) is 0 Å². The van der Waals surface area contributed by atoms with Gasteiger partial charge < -0.3 is 29.5 Å². The van der Waals surface area contributed by atoms with Gasteiger partial charge >= 0.3 is 13.5 Å². The Kier molecular flexibility index (Phi) is 11.6. The lowest BCUT2D eigenvalue weighted by atomic mass is 10.1. The van der Waals surface area contributed by atoms with Gasteiger partial charge in [0.1, 0.15) is 29.1 Å². The maximum Gasteiger partial charge on any atom is 0.527 e. The Morgan fingerprint density at radius 1 is 1.36 bits per heavy atom. The summed E-state index contributed by atoms with van der Waals surface area (Å²) in [6, 6.07) is 7.55. The number of phosphoric ester groups is 1. The maximum absolute atomic E-state index is 15.3. The van der Waals surface area contributed by atoms with E-state index in [0.29, 0.717) is 12.2 Å². The molecule has 1 aromatic heterocycles. The summed E-state index contributed by atoms with van der Waals surface area (Å²) in [7, 11) is -1.73. The van der Waals surface area contributed by atoms with Crippen molar-refractivity contribution in [3.05, 3.63) is 52.0 Å². The fourth-order valence-corrected chi connectivity index (χ4v) is 6.87. The molecule has 2 aliphatic rings. The van der Waals surface area contributed by atoms with E-state index >= 15 is 4.39 Å². The molecule has 0 saturated carbocycles. The summed E-state index contributed by atoms with van der Waals surface area (Å²) in [6.45, 7) is 1.83. The van der Waals surface area contributed by atoms with Gasteiger partial charge in [-0.05, 0) is 25.1 Å². The maximum atomic E-state index is 15.3. The number of ether oxygens (including phenoxy) is 2. The highest BCUT2D eigenvalue weighted by atomic mass is 35.5. The largest absolute Gasteiger partial charge is 0.527 e. The van der Waals surface area contributed by atoms with Crippen molar-refractivity contribution in [2.45, 2.75) is 54.6 Å². The van der Waals surface area contributed by atoms with E-state index in [-0.39, 0.29) is 36.2 Å². The molecule has 1 aromatic carbocycles. The van der Waals surface area contributed by atoms with Crippen LogP contribution in [0, 0.1) is 0 Å². The predicted octanol–water partition coefficient (Wildman–Crippen LogP) is 2.62. The summed E-state index contributed by atoms with van der Waals surface area (Å²) in [5.41, 5.74) is -0.668. The minimum Gasteiger partial charge on any atom is -0.403 e. The Bertz CT molecular complexity index is 1200. The van der Waals surface area contributed by atoms with Crippen molar-refractivity contribution >= 4 is 37.0 Å². The second-order valence-corrected chi connectivity index (χ2v) is 11.8. The number of thioether (sulfide) groups is 1. The van der Waals surface area contributed by atoms with E-state index in [4.69, 9.17) is 40.3 Å². The van der Waals surface area contributed by atoms with Gasteiger partial charge in [-0.3, -0.25) is 14.0 Å². The number of nitrogens with zero attached hydrogens (tertiary/aromatic N) is 2. The molecule has 2 saturated heterocycles. The first kappa shape index (κ1) is 31.8. The molecule has 0 amide bonds. The van der Waals surface area contributed by atoms with Crippen LogP contribution in [0.3, 0.4) is 0 Å². The minimum absolute atomic E-state index is 0.0229. The van der Waals surface area contributed by atoms with Gasteiger partial charge in [0, 0.05) is 26.8 Å². The van der Waals surface area contributed by atoms with E-state index < -0.39 is 42.5 Å². The quantitative estimate of drug-likeness (QED) is 0.307. The number of aliphatic hydroxyl groups is 2. The number of methoxy groups -OCH3 is 1. The van der Waals surface area contributed by atoms with E-state index in [0.717, 1.165) is 16.3 Å². The molecule has 0 bridgehead atoms. The summed E-state index contributed by atoms with van der Waals surface area (Å²) in [6.07, 6.45) is -1.87. The molecule has 4 N–H and O–H groups in total. The molecule has 16 heteroatoms. The monoisotopic (exact) mass is 611 g/mol. The molecule has 2 fully saturated rings. The fourth-order valence-electron chi connectivity index (χ4n) is 4.01. The smallest absolute Gasteiger partial charge is 0.403 e. The number of halogens is 2. The molecule has 39 heavy (non-hydrogen) atoms. The predicted molar refractivity (Wildman–Crippen MR) is 144 cm³/mol. The van der Waals surface area contributed by atoms with Crippen LogP contribution in [0.2, 0.25) is 5.02 Å². The van der Waals surface area contributed by atoms with Crippen LogP contribution in [0.15, 0.2) is 41.3 Å². The molecule has 0 spiro atoms. The number of rotatable bonds is 9. The number of para-hydroxylation sites is 1. The molecule has 4 rings (SSSR count). The van der Waals surface area contributed by atoms with E-state index in [2.05, 4.69) is 10.3 Å². The number of alkyl halides is 1. The summed E-state index contributed by atoms with van der Waals surface area (Å²) >= 11 is 6.98. The summed E-state index contributed by atoms with van der Waals surface area (Å²) in [5, 5.41) is 18.8. The van der Waals surface area contributed by atoms with Crippen molar-refractivity contribution in [1.29, 1.82) is 0 Å². The molecule has 0 aliphatic carbocycles. The molecule has 8 atom stereocenters. The summed E-state index contributed by atoms with van der Waals surface area (Å²) in [5.74, 6) is 0.262. The van der Waals surface area contributed by atoms with Crippen LogP contribution in [0.5, 0.6) is 5.75 Å². The van der Waals surface area contributed by atoms with Crippen molar-refractivity contribution < 1.29 is 42.6 Å². The molecule has 3 heterocycles. The van der Waals surface area contributed by atoms with E-state index in [1.807, 2.05) is 6.92 Å². The number of nitrogens with one attached hydrogen (secondary N) is 1. The van der Waals surface area contributed by atoms with Crippen LogP contribution in [0.4, 0.5) is 10.2 Å². The van der Waals surface area contributed by atoms with Crippen LogP contribution in [0.25, 0.3) is 0 Å². The van der Waals surface area contributed by atoms with Gasteiger partial charge in [0.05, 0.1) is 35.7 Å². The summed E-state index contributed by atoms with van der Waals surface area (Å²) < 4.78 is 49.4. The van der Waals surface area contributed by atoms with Crippen LogP contribution in [-0.2, 0) is 18.6 Å². The van der Waals surface area contributed by atoms with Crippen molar-refractivity contribution in [3.63, 3.8) is 0 Å². The molecular formula is C23H32ClFN3O9PS. The molecule has 218 valence electrons. The van der Waals surface area contributed by atoms with Crippen LogP contribution >= 0.6 is 31.2 Å². The highest BCUT2D eigenvalue weighted by Gasteiger charge is 2.50. The molecule has 0 radical (unpaired) electrons. The van der Waals surface area contributed by atoms with Crippen molar-refractivity contribution in [2.24, 2.45) is 0 Å². The molecule has 12 nitrogen and oxygen atoms in total. The van der Waals surface area contributed by atoms with Crippen LogP contribution in [-0.4, -0.2) is 87.9 Å². The number of hydrogen-bond acceptors (Lipinski definition) is 11. The Morgan fingerprint density at radius 3 is 2.62 bits per heavy atom. The number of hydrogen-bond donors (Lipinski definition) is 4. The molecular weight excluding hydrogens is 580 g/mol. The highest BCUT2D eigenvalue weighted by molar-refractivity contribution is 8.00. The lowest BCUT2D eigenvalue weighted by molar-refractivity contribution is -0.0170. The number of benzene rings is 1. The summed E-state index contributed by atoms with van der Waals surface area (Å²) in [4.78, 5) is 26.3. The zero-order valence-corrected chi connectivity index (χ0v) is 23.9. The molecule has 2 aliphatic heterocycles. The normalized spacial score (nSPS) is 29.8. The van der Waals surface area contributed by atoms with Gasteiger partial charge in [0.25, 0.3) is 0 Å². The number of phosphoric acid groups is 1. The van der Waals surface area contributed by atoms with Crippen molar-refractivity contribution in [2.75, 3.05) is 32.7 Å². The van der Waals surface area contributed by atoms with Gasteiger partial charge in [-0.25, -0.2) is 13.8 Å².